The van der Waals surface area contributed by atoms with Crippen molar-refractivity contribution in [3.63, 3.8) is 0 Å². The molecule has 0 fully saturated rings. The van der Waals surface area contributed by atoms with Crippen molar-refractivity contribution in [2.45, 2.75) is 26.5 Å². The van der Waals surface area contributed by atoms with Gasteiger partial charge in [0.1, 0.15) is 0 Å². The van der Waals surface area contributed by atoms with Crippen molar-refractivity contribution in [3.8, 4) is 0 Å². The van der Waals surface area contributed by atoms with E-state index in [0.29, 0.717) is 13.2 Å². The lowest BCUT2D eigenvalue weighted by Crippen LogP contribution is -2.10. The van der Waals surface area contributed by atoms with E-state index in [0.717, 1.165) is 0 Å². The van der Waals surface area contributed by atoms with Gasteiger partial charge in [-0.25, -0.2) is 9.48 Å². The van der Waals surface area contributed by atoms with Crippen LogP contribution >= 0.6 is 0 Å². The van der Waals surface area contributed by atoms with Crippen LogP contribution in [0.1, 0.15) is 24.3 Å². The third kappa shape index (κ3) is 3.67. The van der Waals surface area contributed by atoms with E-state index in [1.165, 1.54) is 13.3 Å². The fourth-order valence-electron chi connectivity index (χ4n) is 0.988. The first kappa shape index (κ1) is 11.6. The first-order valence-corrected chi connectivity index (χ1v) is 4.73. The topological polar surface area (TPSA) is 66.2 Å². The molecule has 1 aromatic heterocycles. The average molecular weight is 213 g/mol. The van der Waals surface area contributed by atoms with E-state index in [1.54, 1.807) is 4.68 Å². The van der Waals surface area contributed by atoms with Crippen molar-refractivity contribution >= 4 is 5.97 Å². The molecule has 0 spiro atoms. The zero-order chi connectivity index (χ0) is 11.3. The van der Waals surface area contributed by atoms with Crippen molar-refractivity contribution < 1.29 is 14.3 Å². The number of rotatable bonds is 5. The van der Waals surface area contributed by atoms with Gasteiger partial charge in [0.05, 0.1) is 32.6 Å². The lowest BCUT2D eigenvalue weighted by atomic mass is 10.5. The molecule has 0 atom stereocenters. The normalized spacial score (nSPS) is 10.7. The van der Waals surface area contributed by atoms with Gasteiger partial charge in [0.2, 0.25) is 0 Å². The minimum Gasteiger partial charge on any atom is -0.464 e. The average Bonchev–Trinajstić information content (AvgIpc) is 2.65. The molecule has 15 heavy (non-hydrogen) atoms. The number of carbonyl (C=O) groups is 1. The van der Waals surface area contributed by atoms with Crippen molar-refractivity contribution in [3.05, 3.63) is 11.9 Å². The van der Waals surface area contributed by atoms with Gasteiger partial charge in [-0.3, -0.25) is 0 Å². The second-order valence-corrected chi connectivity index (χ2v) is 3.28. The summed E-state index contributed by atoms with van der Waals surface area (Å²) in [4.78, 5) is 11.0. The van der Waals surface area contributed by atoms with Gasteiger partial charge in [-0.1, -0.05) is 5.21 Å². The van der Waals surface area contributed by atoms with Crippen molar-refractivity contribution in [1.82, 2.24) is 15.0 Å². The maximum atomic E-state index is 11.0. The molecule has 0 aromatic carbocycles. The minimum atomic E-state index is -0.481. The van der Waals surface area contributed by atoms with Crippen LogP contribution in [0.3, 0.4) is 0 Å². The van der Waals surface area contributed by atoms with Crippen LogP contribution in [0.5, 0.6) is 0 Å². The van der Waals surface area contributed by atoms with Crippen LogP contribution in [0.2, 0.25) is 0 Å². The summed E-state index contributed by atoms with van der Waals surface area (Å²) in [6.07, 6.45) is 1.73. The summed E-state index contributed by atoms with van der Waals surface area (Å²) in [7, 11) is 1.31. The Morgan fingerprint density at radius 3 is 2.93 bits per heavy atom. The molecule has 0 unspecified atom stereocenters. The molecule has 0 saturated heterocycles. The van der Waals surface area contributed by atoms with Crippen LogP contribution in [0, 0.1) is 0 Å². The van der Waals surface area contributed by atoms with Gasteiger partial charge in [0.15, 0.2) is 5.69 Å². The summed E-state index contributed by atoms with van der Waals surface area (Å²) >= 11 is 0. The van der Waals surface area contributed by atoms with Gasteiger partial charge in [-0.2, -0.15) is 0 Å². The van der Waals surface area contributed by atoms with E-state index in [1.807, 2.05) is 13.8 Å². The number of esters is 1. The van der Waals surface area contributed by atoms with Crippen molar-refractivity contribution in [1.29, 1.82) is 0 Å². The van der Waals surface area contributed by atoms with E-state index in [-0.39, 0.29) is 11.8 Å². The van der Waals surface area contributed by atoms with E-state index >= 15 is 0 Å². The number of carbonyl (C=O) groups excluding carboxylic acids is 1. The number of nitrogens with zero attached hydrogens (tertiary/aromatic N) is 3. The van der Waals surface area contributed by atoms with Crippen LogP contribution < -0.4 is 0 Å². The van der Waals surface area contributed by atoms with E-state index < -0.39 is 5.97 Å². The van der Waals surface area contributed by atoms with Gasteiger partial charge in [-0.05, 0) is 13.8 Å². The molecule has 0 aliphatic rings. The Labute approximate surface area is 88.2 Å². The third-order valence-corrected chi connectivity index (χ3v) is 1.70. The van der Waals surface area contributed by atoms with Crippen LogP contribution in [0.25, 0.3) is 0 Å². The zero-order valence-electron chi connectivity index (χ0n) is 9.14. The number of ether oxygens (including phenoxy) is 2. The van der Waals surface area contributed by atoms with Gasteiger partial charge in [0.25, 0.3) is 0 Å². The standard InChI is InChI=1S/C9H15N3O3/c1-7(2)15-5-4-12-6-8(10-11-12)9(13)14-3/h6-7H,4-5H2,1-3H3. The first-order chi connectivity index (χ1) is 7.13. The smallest absolute Gasteiger partial charge is 0.360 e. The van der Waals surface area contributed by atoms with Crippen molar-refractivity contribution in [2.75, 3.05) is 13.7 Å². The van der Waals surface area contributed by atoms with E-state index in [9.17, 15) is 4.79 Å². The number of aromatic nitrogens is 3. The molecule has 0 N–H and O–H groups in total. The van der Waals surface area contributed by atoms with Gasteiger partial charge in [-0.15, -0.1) is 5.10 Å². The largest absolute Gasteiger partial charge is 0.464 e. The molecule has 1 heterocycles. The predicted molar refractivity (Wildman–Crippen MR) is 52.4 cm³/mol. The zero-order valence-corrected chi connectivity index (χ0v) is 9.14. The summed E-state index contributed by atoms with van der Waals surface area (Å²) in [5.74, 6) is -0.481. The van der Waals surface area contributed by atoms with Gasteiger partial charge < -0.3 is 9.47 Å². The molecule has 0 radical (unpaired) electrons. The fourth-order valence-corrected chi connectivity index (χ4v) is 0.988. The molecule has 0 aliphatic heterocycles. The SMILES string of the molecule is COC(=O)c1cn(CCOC(C)C)nn1. The van der Waals surface area contributed by atoms with Gasteiger partial charge >= 0.3 is 5.97 Å². The summed E-state index contributed by atoms with van der Waals surface area (Å²) in [5.41, 5.74) is 0.210. The molecule has 0 bridgehead atoms. The monoisotopic (exact) mass is 213 g/mol. The van der Waals surface area contributed by atoms with Crippen LogP contribution in [-0.2, 0) is 16.0 Å². The van der Waals surface area contributed by atoms with E-state index in [4.69, 9.17) is 4.74 Å². The first-order valence-electron chi connectivity index (χ1n) is 4.73. The molecule has 84 valence electrons. The Morgan fingerprint density at radius 1 is 1.60 bits per heavy atom. The lowest BCUT2D eigenvalue weighted by Gasteiger charge is -2.06. The Balaban J connectivity index is 2.43. The molecular formula is C9H15N3O3. The Hall–Kier alpha value is -1.43. The highest BCUT2D eigenvalue weighted by atomic mass is 16.5. The highest BCUT2D eigenvalue weighted by molar-refractivity contribution is 5.86. The maximum absolute atomic E-state index is 11.0. The Kier molecular flexibility index (Phi) is 4.23. The third-order valence-electron chi connectivity index (χ3n) is 1.70. The molecule has 1 rings (SSSR count). The second kappa shape index (κ2) is 5.45. The predicted octanol–water partition coefficient (Wildman–Crippen LogP) is 0.490. The van der Waals surface area contributed by atoms with Crippen LogP contribution in [-0.4, -0.2) is 40.8 Å². The molecule has 0 aliphatic carbocycles. The minimum absolute atomic E-state index is 0.189. The number of hydrogen-bond donors (Lipinski definition) is 0. The highest BCUT2D eigenvalue weighted by Gasteiger charge is 2.09. The Bertz CT molecular complexity index is 322. The summed E-state index contributed by atoms with van der Waals surface area (Å²) in [6, 6.07) is 0. The maximum Gasteiger partial charge on any atom is 0.360 e. The van der Waals surface area contributed by atoms with Crippen LogP contribution in [0.15, 0.2) is 6.20 Å². The molecule has 6 heteroatoms. The second-order valence-electron chi connectivity index (χ2n) is 3.28. The lowest BCUT2D eigenvalue weighted by molar-refractivity contribution is 0.0593. The van der Waals surface area contributed by atoms with E-state index in [2.05, 4.69) is 15.0 Å². The number of hydrogen-bond acceptors (Lipinski definition) is 5. The molecule has 0 amide bonds. The highest BCUT2D eigenvalue weighted by Crippen LogP contribution is 1.96. The molecular weight excluding hydrogens is 198 g/mol. The van der Waals surface area contributed by atoms with Crippen molar-refractivity contribution in [2.24, 2.45) is 0 Å². The molecule has 1 aromatic rings. The quantitative estimate of drug-likeness (QED) is 0.666. The van der Waals surface area contributed by atoms with Gasteiger partial charge in [0, 0.05) is 0 Å². The molecule has 6 nitrogen and oxygen atoms in total. The van der Waals surface area contributed by atoms with Crippen LogP contribution in [0.4, 0.5) is 0 Å². The number of methoxy groups -OCH3 is 1. The molecule has 0 saturated carbocycles. The summed E-state index contributed by atoms with van der Waals surface area (Å²) < 4.78 is 11.4. The summed E-state index contributed by atoms with van der Waals surface area (Å²) in [6.45, 7) is 5.03. The summed E-state index contributed by atoms with van der Waals surface area (Å²) in [5, 5.41) is 7.44. The Morgan fingerprint density at radius 2 is 2.33 bits per heavy atom. The fraction of sp³-hybridized carbons (Fsp3) is 0.667.